The second-order valence-corrected chi connectivity index (χ2v) is 7.81. The number of hydrogen-bond donors (Lipinski definition) is 2. The molecule has 2 rings (SSSR count). The maximum atomic E-state index is 12.1. The Morgan fingerprint density at radius 1 is 1.00 bits per heavy atom. The minimum atomic E-state index is -0.225. The molecule has 2 N–H and O–H groups in total. The molecule has 0 aliphatic heterocycles. The van der Waals surface area contributed by atoms with Crippen LogP contribution in [0, 0.1) is 20.8 Å². The van der Waals surface area contributed by atoms with Crippen molar-refractivity contribution >= 4 is 45.2 Å². The minimum Gasteiger partial charge on any atom is -0.346 e. The highest BCUT2D eigenvalue weighted by atomic mass is 79.9. The van der Waals surface area contributed by atoms with Crippen LogP contribution >= 0.6 is 27.7 Å². The third-order valence-electron chi connectivity index (χ3n) is 3.57. The Bertz CT molecular complexity index is 752. The van der Waals surface area contributed by atoms with E-state index in [9.17, 15) is 9.59 Å². The van der Waals surface area contributed by atoms with E-state index in [4.69, 9.17) is 0 Å². The van der Waals surface area contributed by atoms with Crippen molar-refractivity contribution < 1.29 is 9.59 Å². The van der Waals surface area contributed by atoms with Crippen LogP contribution in [-0.4, -0.2) is 24.1 Å². The predicted molar refractivity (Wildman–Crippen MR) is 107 cm³/mol. The minimum absolute atomic E-state index is 0.0352. The molecule has 0 radical (unpaired) electrons. The molecule has 0 aromatic heterocycles. The number of carbonyl (C=O) groups excluding carboxylic acids is 2. The summed E-state index contributed by atoms with van der Waals surface area (Å²) in [4.78, 5) is 25.0. The zero-order valence-electron chi connectivity index (χ0n) is 14.5. The molecule has 0 aliphatic rings. The van der Waals surface area contributed by atoms with Crippen molar-refractivity contribution in [2.75, 3.05) is 17.6 Å². The second kappa shape index (κ2) is 9.06. The maximum absolute atomic E-state index is 12.1. The van der Waals surface area contributed by atoms with Crippen molar-refractivity contribution in [3.05, 3.63) is 57.6 Å². The van der Waals surface area contributed by atoms with E-state index in [0.29, 0.717) is 0 Å². The molecule has 0 saturated heterocycles. The van der Waals surface area contributed by atoms with E-state index in [0.717, 1.165) is 31.7 Å². The van der Waals surface area contributed by atoms with Gasteiger partial charge in [-0.3, -0.25) is 9.59 Å². The van der Waals surface area contributed by atoms with Gasteiger partial charge in [-0.1, -0.05) is 33.6 Å². The van der Waals surface area contributed by atoms with Gasteiger partial charge >= 0.3 is 0 Å². The molecular formula is C19H21BrN2O2S. The van der Waals surface area contributed by atoms with E-state index in [1.165, 1.54) is 11.8 Å². The van der Waals surface area contributed by atoms with Crippen molar-refractivity contribution in [1.82, 2.24) is 5.32 Å². The molecule has 0 spiro atoms. The average molecular weight is 421 g/mol. The number of nitrogens with one attached hydrogen (secondary N) is 2. The lowest BCUT2D eigenvalue weighted by Crippen LogP contribution is -2.34. The zero-order chi connectivity index (χ0) is 18.4. The third kappa shape index (κ3) is 6.21. The summed E-state index contributed by atoms with van der Waals surface area (Å²) in [5.41, 5.74) is 4.01. The lowest BCUT2D eigenvalue weighted by molar-refractivity contribution is -0.122. The monoisotopic (exact) mass is 420 g/mol. The van der Waals surface area contributed by atoms with Gasteiger partial charge in [0.1, 0.15) is 0 Å². The number of rotatable bonds is 6. The normalized spacial score (nSPS) is 10.4. The molecule has 25 heavy (non-hydrogen) atoms. The topological polar surface area (TPSA) is 58.2 Å². The summed E-state index contributed by atoms with van der Waals surface area (Å²) in [7, 11) is 0. The van der Waals surface area contributed by atoms with E-state index in [-0.39, 0.29) is 24.1 Å². The first-order chi connectivity index (χ1) is 11.8. The molecule has 2 amide bonds. The number of amides is 2. The molecule has 0 heterocycles. The average Bonchev–Trinajstić information content (AvgIpc) is 2.55. The van der Waals surface area contributed by atoms with Crippen LogP contribution in [0.15, 0.2) is 45.8 Å². The largest absolute Gasteiger partial charge is 0.346 e. The highest BCUT2D eigenvalue weighted by Gasteiger charge is 2.10. The van der Waals surface area contributed by atoms with Crippen LogP contribution in [0.25, 0.3) is 0 Å². The Morgan fingerprint density at radius 3 is 2.20 bits per heavy atom. The van der Waals surface area contributed by atoms with Gasteiger partial charge in [-0.25, -0.2) is 0 Å². The Labute approximate surface area is 160 Å². The summed E-state index contributed by atoms with van der Waals surface area (Å²) in [6, 6.07) is 11.8. The lowest BCUT2D eigenvalue weighted by atomic mass is 10.1. The van der Waals surface area contributed by atoms with Crippen LogP contribution in [0.2, 0.25) is 0 Å². The summed E-state index contributed by atoms with van der Waals surface area (Å²) < 4.78 is 1.000. The first-order valence-electron chi connectivity index (χ1n) is 7.88. The third-order valence-corrected chi connectivity index (χ3v) is 5.11. The van der Waals surface area contributed by atoms with Crippen molar-refractivity contribution in [2.24, 2.45) is 0 Å². The molecule has 2 aromatic rings. The number of aryl methyl sites for hydroxylation is 3. The van der Waals surface area contributed by atoms with Crippen LogP contribution < -0.4 is 10.6 Å². The van der Waals surface area contributed by atoms with Crippen LogP contribution in [0.3, 0.4) is 0 Å². The standard InChI is InChI=1S/C19H21BrN2O2S/c1-12-8-13(2)19(14(3)9-12)22-17(23)10-21-18(24)11-25-16-6-4-15(20)5-7-16/h4-9H,10-11H2,1-3H3,(H,21,24)(H,22,23). The molecule has 0 bridgehead atoms. The van der Waals surface area contributed by atoms with Crippen LogP contribution in [-0.2, 0) is 9.59 Å². The maximum Gasteiger partial charge on any atom is 0.243 e. The Morgan fingerprint density at radius 2 is 1.60 bits per heavy atom. The Hall–Kier alpha value is -1.79. The molecule has 0 saturated carbocycles. The van der Waals surface area contributed by atoms with Crippen molar-refractivity contribution in [3.8, 4) is 0 Å². The summed E-state index contributed by atoms with van der Waals surface area (Å²) >= 11 is 4.81. The molecule has 0 aliphatic carbocycles. The smallest absolute Gasteiger partial charge is 0.243 e. The van der Waals surface area contributed by atoms with E-state index in [1.807, 2.05) is 57.2 Å². The van der Waals surface area contributed by atoms with Gasteiger partial charge in [-0.15, -0.1) is 11.8 Å². The quantitative estimate of drug-likeness (QED) is 0.687. The fraction of sp³-hybridized carbons (Fsp3) is 0.263. The number of hydrogen-bond acceptors (Lipinski definition) is 3. The van der Waals surface area contributed by atoms with Gasteiger partial charge in [0, 0.05) is 15.1 Å². The van der Waals surface area contributed by atoms with Crippen molar-refractivity contribution in [2.45, 2.75) is 25.7 Å². The fourth-order valence-electron chi connectivity index (χ4n) is 2.47. The number of anilines is 1. The van der Waals surface area contributed by atoms with Crippen molar-refractivity contribution in [3.63, 3.8) is 0 Å². The number of thioether (sulfide) groups is 1. The molecule has 132 valence electrons. The highest BCUT2D eigenvalue weighted by molar-refractivity contribution is 9.10. The number of halogens is 1. The van der Waals surface area contributed by atoms with Crippen LogP contribution in [0.4, 0.5) is 5.69 Å². The molecule has 2 aromatic carbocycles. The van der Waals surface area contributed by atoms with Crippen molar-refractivity contribution in [1.29, 1.82) is 0 Å². The van der Waals surface area contributed by atoms with Gasteiger partial charge in [-0.05, 0) is 56.2 Å². The van der Waals surface area contributed by atoms with Gasteiger partial charge in [0.2, 0.25) is 11.8 Å². The zero-order valence-corrected chi connectivity index (χ0v) is 16.9. The van der Waals surface area contributed by atoms with E-state index >= 15 is 0 Å². The molecule has 6 heteroatoms. The van der Waals surface area contributed by atoms with E-state index in [2.05, 4.69) is 26.6 Å². The second-order valence-electron chi connectivity index (χ2n) is 5.84. The van der Waals surface area contributed by atoms with Gasteiger partial charge in [0.25, 0.3) is 0 Å². The molecular weight excluding hydrogens is 400 g/mol. The van der Waals surface area contributed by atoms with Gasteiger partial charge < -0.3 is 10.6 Å². The summed E-state index contributed by atoms with van der Waals surface area (Å²) in [6.07, 6.45) is 0. The highest BCUT2D eigenvalue weighted by Crippen LogP contribution is 2.22. The fourth-order valence-corrected chi connectivity index (χ4v) is 3.46. The van der Waals surface area contributed by atoms with E-state index in [1.54, 1.807) is 0 Å². The number of benzene rings is 2. The molecule has 0 atom stereocenters. The van der Waals surface area contributed by atoms with Gasteiger partial charge in [-0.2, -0.15) is 0 Å². The first-order valence-corrected chi connectivity index (χ1v) is 9.66. The molecule has 4 nitrogen and oxygen atoms in total. The van der Waals surface area contributed by atoms with Gasteiger partial charge in [0.05, 0.1) is 12.3 Å². The summed E-state index contributed by atoms with van der Waals surface area (Å²) in [5, 5.41) is 5.53. The predicted octanol–water partition coefficient (Wildman–Crippen LogP) is 4.22. The van der Waals surface area contributed by atoms with Crippen LogP contribution in [0.5, 0.6) is 0 Å². The first kappa shape index (κ1) is 19.5. The Balaban J connectivity index is 1.79. The Kier molecular flexibility index (Phi) is 7.08. The SMILES string of the molecule is Cc1cc(C)c(NC(=O)CNC(=O)CSc2ccc(Br)cc2)c(C)c1. The number of carbonyl (C=O) groups is 2. The molecule has 0 fully saturated rings. The van der Waals surface area contributed by atoms with Crippen LogP contribution in [0.1, 0.15) is 16.7 Å². The summed E-state index contributed by atoms with van der Waals surface area (Å²) in [5.74, 6) is -0.116. The molecule has 0 unspecified atom stereocenters. The summed E-state index contributed by atoms with van der Waals surface area (Å²) in [6.45, 7) is 5.91. The van der Waals surface area contributed by atoms with E-state index < -0.39 is 0 Å². The lowest BCUT2D eigenvalue weighted by Gasteiger charge is -2.13. The van der Waals surface area contributed by atoms with Gasteiger partial charge in [0.15, 0.2) is 0 Å².